The number of aliphatic hydroxyl groups is 2. The second-order valence-corrected chi connectivity index (χ2v) is 22.2. The van der Waals surface area contributed by atoms with Gasteiger partial charge in [-0.05, 0) is 57.8 Å². The molecule has 4 heteroatoms. The van der Waals surface area contributed by atoms with Crippen LogP contribution >= 0.6 is 0 Å². The topological polar surface area (TPSA) is 69.6 Å². The predicted octanol–water partition coefficient (Wildman–Crippen LogP) is 21.9. The highest BCUT2D eigenvalue weighted by molar-refractivity contribution is 5.76. The third-order valence-corrected chi connectivity index (χ3v) is 15.0. The van der Waals surface area contributed by atoms with Crippen LogP contribution in [-0.4, -0.2) is 34.9 Å². The molecule has 0 fully saturated rings. The minimum Gasteiger partial charge on any atom is -0.394 e. The van der Waals surface area contributed by atoms with Crippen LogP contribution in [0.5, 0.6) is 0 Å². The van der Waals surface area contributed by atoms with E-state index in [0.29, 0.717) is 12.8 Å². The molecule has 2 unspecified atom stereocenters. The molecule has 0 radical (unpaired) electrons. The minimum atomic E-state index is -0.660. The Bertz CT molecular complexity index is 1190. The van der Waals surface area contributed by atoms with Crippen LogP contribution in [0.2, 0.25) is 0 Å². The number of aliphatic hydroxyl groups excluding tert-OH is 2. The van der Waals surface area contributed by atoms with E-state index in [-0.39, 0.29) is 12.5 Å². The van der Waals surface area contributed by atoms with Crippen molar-refractivity contribution in [3.05, 3.63) is 60.8 Å². The van der Waals surface area contributed by atoms with Crippen molar-refractivity contribution in [1.82, 2.24) is 5.32 Å². The number of carbonyl (C=O) groups is 1. The summed E-state index contributed by atoms with van der Waals surface area (Å²) in [5, 5.41) is 23.4. The lowest BCUT2D eigenvalue weighted by Crippen LogP contribution is -2.45. The van der Waals surface area contributed by atoms with Gasteiger partial charge in [0.2, 0.25) is 5.91 Å². The highest BCUT2D eigenvalue weighted by Crippen LogP contribution is 2.19. The van der Waals surface area contributed by atoms with Crippen molar-refractivity contribution in [3.63, 3.8) is 0 Å². The summed E-state index contributed by atoms with van der Waals surface area (Å²) in [4.78, 5) is 12.5. The van der Waals surface area contributed by atoms with E-state index in [1.54, 1.807) is 0 Å². The molecule has 1 amide bonds. The average Bonchev–Trinajstić information content (AvgIpc) is 3.39. The maximum atomic E-state index is 12.5. The Balaban J connectivity index is 3.41. The van der Waals surface area contributed by atoms with Crippen LogP contribution in [0.25, 0.3) is 0 Å². The number of amides is 1. The molecule has 3 N–H and O–H groups in total. The third-order valence-electron chi connectivity index (χ3n) is 15.0. The highest BCUT2D eigenvalue weighted by Gasteiger charge is 2.20. The number of rotatable bonds is 60. The van der Waals surface area contributed by atoms with E-state index in [0.717, 1.165) is 57.8 Å². The number of allylic oxidation sites excluding steroid dienone is 10. The first-order valence-electron chi connectivity index (χ1n) is 32.5. The molecule has 0 bridgehead atoms. The van der Waals surface area contributed by atoms with Crippen LogP contribution in [0.3, 0.4) is 0 Å². The molecular formula is C68H127NO3. The highest BCUT2D eigenvalue weighted by atomic mass is 16.3. The number of hydrogen-bond donors (Lipinski definition) is 3. The number of hydrogen-bond acceptors (Lipinski definition) is 3. The maximum Gasteiger partial charge on any atom is 0.220 e. The first-order chi connectivity index (χ1) is 35.7. The summed E-state index contributed by atoms with van der Waals surface area (Å²) in [6, 6.07) is -0.537. The summed E-state index contributed by atoms with van der Waals surface area (Å²) in [6.07, 6.45) is 89.7. The molecule has 0 aromatic rings. The van der Waals surface area contributed by atoms with Crippen LogP contribution in [0, 0.1) is 0 Å². The summed E-state index contributed by atoms with van der Waals surface area (Å²) in [5.41, 5.74) is 0. The SMILES string of the molecule is CC/C=C\C/C=C\C/C=C\C/C=C\C/C=C\CCCCCCCCCCCCCCCCCCCCCCCC(=O)NC(CO)C(O)CCCCCCCCCCCCCCCCCCCCCCCCC. The van der Waals surface area contributed by atoms with Gasteiger partial charge in [-0.15, -0.1) is 0 Å². The van der Waals surface area contributed by atoms with Gasteiger partial charge in [-0.3, -0.25) is 4.79 Å². The van der Waals surface area contributed by atoms with Gasteiger partial charge in [-0.2, -0.15) is 0 Å². The molecular weight excluding hydrogens is 879 g/mol. The van der Waals surface area contributed by atoms with E-state index in [1.165, 1.54) is 263 Å². The zero-order valence-corrected chi connectivity index (χ0v) is 48.7. The molecule has 0 saturated carbocycles. The molecule has 4 nitrogen and oxygen atoms in total. The molecule has 0 aliphatic heterocycles. The molecule has 0 aromatic heterocycles. The number of nitrogens with one attached hydrogen (secondary N) is 1. The van der Waals surface area contributed by atoms with Gasteiger partial charge in [0.15, 0.2) is 0 Å². The molecule has 72 heavy (non-hydrogen) atoms. The molecule has 0 aliphatic carbocycles. The fraction of sp³-hybridized carbons (Fsp3) is 0.838. The maximum absolute atomic E-state index is 12.5. The normalized spacial score (nSPS) is 13.1. The Kier molecular flexibility index (Phi) is 61.7. The molecule has 2 atom stereocenters. The Hall–Kier alpha value is -1.91. The largest absolute Gasteiger partial charge is 0.394 e. The quantitative estimate of drug-likeness (QED) is 0.0420. The molecule has 0 aliphatic rings. The van der Waals surface area contributed by atoms with Crippen molar-refractivity contribution < 1.29 is 15.0 Å². The summed E-state index contributed by atoms with van der Waals surface area (Å²) < 4.78 is 0. The van der Waals surface area contributed by atoms with Crippen LogP contribution < -0.4 is 5.32 Å². The molecule has 0 saturated heterocycles. The van der Waals surface area contributed by atoms with E-state index in [1.807, 2.05) is 0 Å². The Labute approximate surface area is 451 Å². The number of carbonyl (C=O) groups excluding carboxylic acids is 1. The van der Waals surface area contributed by atoms with E-state index < -0.39 is 12.1 Å². The Morgan fingerprint density at radius 2 is 0.611 bits per heavy atom. The molecule has 0 spiro atoms. The van der Waals surface area contributed by atoms with Crippen molar-refractivity contribution in [1.29, 1.82) is 0 Å². The Morgan fingerprint density at radius 1 is 0.347 bits per heavy atom. The lowest BCUT2D eigenvalue weighted by atomic mass is 10.0. The fourth-order valence-corrected chi connectivity index (χ4v) is 10.2. The van der Waals surface area contributed by atoms with E-state index in [9.17, 15) is 15.0 Å². The van der Waals surface area contributed by atoms with Gasteiger partial charge in [-0.25, -0.2) is 0 Å². The lowest BCUT2D eigenvalue weighted by Gasteiger charge is -2.22. The zero-order valence-electron chi connectivity index (χ0n) is 48.7. The van der Waals surface area contributed by atoms with Crippen molar-refractivity contribution in [3.8, 4) is 0 Å². The van der Waals surface area contributed by atoms with Gasteiger partial charge in [0.05, 0.1) is 18.8 Å². The van der Waals surface area contributed by atoms with Gasteiger partial charge < -0.3 is 15.5 Å². The monoisotopic (exact) mass is 1010 g/mol. The Morgan fingerprint density at radius 3 is 0.917 bits per heavy atom. The van der Waals surface area contributed by atoms with Gasteiger partial charge in [0.25, 0.3) is 0 Å². The van der Waals surface area contributed by atoms with Gasteiger partial charge in [-0.1, -0.05) is 344 Å². The fourth-order valence-electron chi connectivity index (χ4n) is 10.2. The van der Waals surface area contributed by atoms with Crippen molar-refractivity contribution in [2.45, 2.75) is 360 Å². The van der Waals surface area contributed by atoms with Crippen LogP contribution in [0.4, 0.5) is 0 Å². The van der Waals surface area contributed by atoms with E-state index in [4.69, 9.17) is 0 Å². The second kappa shape index (κ2) is 63.4. The standard InChI is InChI=1S/C68H127NO3/c1-3-5-7-9-11-13-15-17-19-21-23-25-27-28-29-30-31-32-33-34-35-36-37-38-39-40-42-44-46-48-50-52-54-56-58-60-62-64-68(72)69-66(65-70)67(71)63-61-59-57-55-53-51-49-47-45-43-41-26-24-22-20-18-16-14-12-10-8-6-4-2/h5,7,11,13,17,19,23,25,28-29,66-67,70-71H,3-4,6,8-10,12,14-16,18,20-22,24,26-27,30-65H2,1-2H3,(H,69,72)/b7-5-,13-11-,19-17-,25-23-,29-28-. The second-order valence-electron chi connectivity index (χ2n) is 22.2. The van der Waals surface area contributed by atoms with Gasteiger partial charge in [0, 0.05) is 6.42 Å². The predicted molar refractivity (Wildman–Crippen MR) is 322 cm³/mol. The first-order valence-corrected chi connectivity index (χ1v) is 32.5. The van der Waals surface area contributed by atoms with Gasteiger partial charge >= 0.3 is 0 Å². The molecule has 0 heterocycles. The minimum absolute atomic E-state index is 0.0250. The molecule has 422 valence electrons. The summed E-state index contributed by atoms with van der Waals surface area (Å²) in [7, 11) is 0. The molecule has 0 aromatic carbocycles. The van der Waals surface area contributed by atoms with Crippen molar-refractivity contribution >= 4 is 5.91 Å². The van der Waals surface area contributed by atoms with Crippen molar-refractivity contribution in [2.75, 3.05) is 6.61 Å². The van der Waals surface area contributed by atoms with Gasteiger partial charge in [0.1, 0.15) is 0 Å². The molecule has 0 rings (SSSR count). The number of unbranched alkanes of at least 4 members (excludes halogenated alkanes) is 43. The summed E-state index contributed by atoms with van der Waals surface area (Å²) in [6.45, 7) is 4.28. The van der Waals surface area contributed by atoms with Crippen LogP contribution in [0.1, 0.15) is 348 Å². The van der Waals surface area contributed by atoms with Crippen LogP contribution in [0.15, 0.2) is 60.8 Å². The van der Waals surface area contributed by atoms with Crippen molar-refractivity contribution in [2.24, 2.45) is 0 Å². The zero-order chi connectivity index (χ0) is 52.0. The summed E-state index contributed by atoms with van der Waals surface area (Å²) in [5.74, 6) is -0.0250. The third kappa shape index (κ3) is 59.0. The lowest BCUT2D eigenvalue weighted by molar-refractivity contribution is -0.123. The smallest absolute Gasteiger partial charge is 0.220 e. The average molecular weight is 1010 g/mol. The van der Waals surface area contributed by atoms with E-state index >= 15 is 0 Å². The first kappa shape index (κ1) is 70.1. The van der Waals surface area contributed by atoms with Crippen LogP contribution in [-0.2, 0) is 4.79 Å². The summed E-state index contributed by atoms with van der Waals surface area (Å²) >= 11 is 0. The van der Waals surface area contributed by atoms with E-state index in [2.05, 4.69) is 79.9 Å².